The molecule has 1 aliphatic rings. The van der Waals surface area contributed by atoms with Crippen LogP contribution < -0.4 is 5.32 Å². The second kappa shape index (κ2) is 6.24. The summed E-state index contributed by atoms with van der Waals surface area (Å²) in [5.74, 6) is 1.02. The molecule has 1 heterocycles. The first kappa shape index (κ1) is 13.5. The Labute approximate surface area is 99.6 Å². The lowest BCUT2D eigenvalue weighted by Gasteiger charge is -2.30. The molecule has 0 radical (unpaired) electrons. The first-order valence-electron chi connectivity index (χ1n) is 6.59. The standard InChI is InChI=1S/C13H26N2O/c1-5-14-9-11(4)13(16)15-8-6-7-12(15)10(2)3/h10-12,14H,5-9H2,1-4H3. The second-order valence-electron chi connectivity index (χ2n) is 5.19. The molecule has 2 unspecified atom stereocenters. The Balaban J connectivity index is 2.51. The van der Waals surface area contributed by atoms with Gasteiger partial charge in [-0.15, -0.1) is 0 Å². The van der Waals surface area contributed by atoms with Crippen molar-refractivity contribution in [1.29, 1.82) is 0 Å². The molecule has 0 aromatic rings. The van der Waals surface area contributed by atoms with E-state index in [9.17, 15) is 4.79 Å². The van der Waals surface area contributed by atoms with Crippen molar-refractivity contribution in [3.63, 3.8) is 0 Å². The molecule has 1 rings (SSSR count). The Morgan fingerprint density at radius 2 is 2.12 bits per heavy atom. The first-order valence-corrected chi connectivity index (χ1v) is 6.59. The zero-order chi connectivity index (χ0) is 12.1. The van der Waals surface area contributed by atoms with Crippen LogP contribution in [0.2, 0.25) is 0 Å². The van der Waals surface area contributed by atoms with Crippen molar-refractivity contribution in [2.24, 2.45) is 11.8 Å². The quantitative estimate of drug-likeness (QED) is 0.776. The van der Waals surface area contributed by atoms with Crippen LogP contribution in [-0.2, 0) is 4.79 Å². The highest BCUT2D eigenvalue weighted by atomic mass is 16.2. The molecule has 1 aliphatic heterocycles. The number of likely N-dealkylation sites (tertiary alicyclic amines) is 1. The largest absolute Gasteiger partial charge is 0.339 e. The molecule has 3 heteroatoms. The van der Waals surface area contributed by atoms with Gasteiger partial charge >= 0.3 is 0 Å². The van der Waals surface area contributed by atoms with E-state index in [0.717, 1.165) is 19.6 Å². The van der Waals surface area contributed by atoms with E-state index in [2.05, 4.69) is 31.0 Å². The zero-order valence-corrected chi connectivity index (χ0v) is 11.1. The van der Waals surface area contributed by atoms with Crippen molar-refractivity contribution in [2.45, 2.75) is 46.6 Å². The number of amides is 1. The molecule has 0 bridgehead atoms. The van der Waals surface area contributed by atoms with Crippen LogP contribution in [0.1, 0.15) is 40.5 Å². The average Bonchev–Trinajstić information content (AvgIpc) is 2.73. The van der Waals surface area contributed by atoms with Gasteiger partial charge in [-0.05, 0) is 25.3 Å². The van der Waals surface area contributed by atoms with Crippen LogP contribution in [0, 0.1) is 11.8 Å². The van der Waals surface area contributed by atoms with Crippen LogP contribution in [0.5, 0.6) is 0 Å². The molecule has 94 valence electrons. The summed E-state index contributed by atoms with van der Waals surface area (Å²) in [7, 11) is 0. The van der Waals surface area contributed by atoms with Crippen molar-refractivity contribution in [1.82, 2.24) is 10.2 Å². The molecule has 16 heavy (non-hydrogen) atoms. The van der Waals surface area contributed by atoms with E-state index in [1.54, 1.807) is 0 Å². The van der Waals surface area contributed by atoms with Crippen LogP contribution >= 0.6 is 0 Å². The molecule has 1 fully saturated rings. The van der Waals surface area contributed by atoms with Crippen LogP contribution in [0.25, 0.3) is 0 Å². The van der Waals surface area contributed by atoms with Crippen LogP contribution in [-0.4, -0.2) is 36.5 Å². The van der Waals surface area contributed by atoms with Gasteiger partial charge in [-0.3, -0.25) is 4.79 Å². The summed E-state index contributed by atoms with van der Waals surface area (Å²) in [6.45, 7) is 11.2. The van der Waals surface area contributed by atoms with E-state index in [4.69, 9.17) is 0 Å². The molecule has 2 atom stereocenters. The van der Waals surface area contributed by atoms with Gasteiger partial charge in [-0.1, -0.05) is 27.7 Å². The molecule has 0 aromatic carbocycles. The van der Waals surface area contributed by atoms with E-state index in [1.165, 1.54) is 12.8 Å². The van der Waals surface area contributed by atoms with E-state index in [-0.39, 0.29) is 5.92 Å². The van der Waals surface area contributed by atoms with Gasteiger partial charge in [0, 0.05) is 25.0 Å². The smallest absolute Gasteiger partial charge is 0.226 e. The molecule has 0 spiro atoms. The third-order valence-corrected chi connectivity index (χ3v) is 3.47. The van der Waals surface area contributed by atoms with Crippen molar-refractivity contribution >= 4 is 5.91 Å². The number of carbonyl (C=O) groups excluding carboxylic acids is 1. The maximum absolute atomic E-state index is 12.3. The lowest BCUT2D eigenvalue weighted by molar-refractivity contribution is -0.136. The predicted molar refractivity (Wildman–Crippen MR) is 67.3 cm³/mol. The average molecular weight is 226 g/mol. The molecular formula is C13H26N2O. The number of nitrogens with zero attached hydrogens (tertiary/aromatic N) is 1. The molecule has 0 aliphatic carbocycles. The van der Waals surface area contributed by atoms with Crippen LogP contribution in [0.4, 0.5) is 0 Å². The fraction of sp³-hybridized carbons (Fsp3) is 0.923. The number of nitrogens with one attached hydrogen (secondary N) is 1. The van der Waals surface area contributed by atoms with Crippen LogP contribution in [0.15, 0.2) is 0 Å². The molecule has 0 aromatic heterocycles. The van der Waals surface area contributed by atoms with E-state index < -0.39 is 0 Å². The number of hydrogen-bond donors (Lipinski definition) is 1. The summed E-state index contributed by atoms with van der Waals surface area (Å²) in [6.07, 6.45) is 2.35. The maximum Gasteiger partial charge on any atom is 0.226 e. The lowest BCUT2D eigenvalue weighted by Crippen LogP contribution is -2.43. The Morgan fingerprint density at radius 3 is 2.69 bits per heavy atom. The molecule has 0 saturated carbocycles. The topological polar surface area (TPSA) is 32.3 Å². The lowest BCUT2D eigenvalue weighted by atomic mass is 10.0. The van der Waals surface area contributed by atoms with Gasteiger partial charge in [0.25, 0.3) is 0 Å². The van der Waals surface area contributed by atoms with E-state index >= 15 is 0 Å². The fourth-order valence-corrected chi connectivity index (χ4v) is 2.49. The van der Waals surface area contributed by atoms with Crippen molar-refractivity contribution in [3.05, 3.63) is 0 Å². The van der Waals surface area contributed by atoms with Gasteiger partial charge < -0.3 is 10.2 Å². The monoisotopic (exact) mass is 226 g/mol. The Bertz CT molecular complexity index is 228. The summed E-state index contributed by atoms with van der Waals surface area (Å²) < 4.78 is 0. The van der Waals surface area contributed by atoms with Crippen molar-refractivity contribution < 1.29 is 4.79 Å². The van der Waals surface area contributed by atoms with Crippen LogP contribution in [0.3, 0.4) is 0 Å². The normalized spacial score (nSPS) is 22.8. The second-order valence-corrected chi connectivity index (χ2v) is 5.19. The molecule has 1 amide bonds. The SMILES string of the molecule is CCNCC(C)C(=O)N1CCCC1C(C)C. The predicted octanol–water partition coefficient (Wildman–Crippen LogP) is 1.88. The number of carbonyl (C=O) groups is 1. The van der Waals surface area contributed by atoms with Gasteiger partial charge in [0.05, 0.1) is 0 Å². The maximum atomic E-state index is 12.3. The van der Waals surface area contributed by atoms with Gasteiger partial charge in [-0.25, -0.2) is 0 Å². The first-order chi connectivity index (χ1) is 7.57. The third kappa shape index (κ3) is 3.21. The van der Waals surface area contributed by atoms with E-state index in [0.29, 0.717) is 17.9 Å². The van der Waals surface area contributed by atoms with E-state index in [1.807, 2.05) is 6.92 Å². The minimum atomic E-state index is 0.110. The summed E-state index contributed by atoms with van der Waals surface area (Å²) in [5.41, 5.74) is 0. The fourth-order valence-electron chi connectivity index (χ4n) is 2.49. The van der Waals surface area contributed by atoms with Crippen molar-refractivity contribution in [3.8, 4) is 0 Å². The summed E-state index contributed by atoms with van der Waals surface area (Å²) >= 11 is 0. The third-order valence-electron chi connectivity index (χ3n) is 3.47. The Hall–Kier alpha value is -0.570. The van der Waals surface area contributed by atoms with Crippen molar-refractivity contribution in [2.75, 3.05) is 19.6 Å². The Kier molecular flexibility index (Phi) is 5.26. The highest BCUT2D eigenvalue weighted by Crippen LogP contribution is 2.25. The van der Waals surface area contributed by atoms with Gasteiger partial charge in [0.2, 0.25) is 5.91 Å². The molecule has 1 N–H and O–H groups in total. The van der Waals surface area contributed by atoms with Gasteiger partial charge in [0.15, 0.2) is 0 Å². The number of rotatable bonds is 5. The highest BCUT2D eigenvalue weighted by molar-refractivity contribution is 5.79. The number of hydrogen-bond acceptors (Lipinski definition) is 2. The molecule has 1 saturated heterocycles. The minimum absolute atomic E-state index is 0.110. The molecular weight excluding hydrogens is 200 g/mol. The zero-order valence-electron chi connectivity index (χ0n) is 11.1. The highest BCUT2D eigenvalue weighted by Gasteiger charge is 2.32. The summed E-state index contributed by atoms with van der Waals surface area (Å²) in [6, 6.07) is 0.469. The summed E-state index contributed by atoms with van der Waals surface area (Å²) in [5, 5.41) is 3.25. The Morgan fingerprint density at radius 1 is 1.44 bits per heavy atom. The van der Waals surface area contributed by atoms with Gasteiger partial charge in [0.1, 0.15) is 0 Å². The molecule has 3 nitrogen and oxygen atoms in total. The minimum Gasteiger partial charge on any atom is -0.339 e. The van der Waals surface area contributed by atoms with Gasteiger partial charge in [-0.2, -0.15) is 0 Å². The summed E-state index contributed by atoms with van der Waals surface area (Å²) in [4.78, 5) is 14.4.